The molecular formula is C15H22BrN3. The molecule has 2 fully saturated rings. The Bertz CT molecular complexity index is 437. The van der Waals surface area contributed by atoms with Gasteiger partial charge in [0, 0.05) is 49.3 Å². The molecule has 3 nitrogen and oxygen atoms in total. The smallest absolute Gasteiger partial charge is 0.0284 e. The molecule has 1 heterocycles. The maximum Gasteiger partial charge on any atom is 0.0284 e. The molecule has 0 bridgehead atoms. The van der Waals surface area contributed by atoms with Gasteiger partial charge >= 0.3 is 0 Å². The summed E-state index contributed by atoms with van der Waals surface area (Å²) < 4.78 is 1.22. The van der Waals surface area contributed by atoms with Gasteiger partial charge in [-0.2, -0.15) is 0 Å². The minimum Gasteiger partial charge on any atom is -0.324 e. The summed E-state index contributed by atoms with van der Waals surface area (Å²) in [5.41, 5.74) is 7.73. The van der Waals surface area contributed by atoms with E-state index in [9.17, 15) is 0 Å². The number of piperazine rings is 1. The minimum atomic E-state index is 0.157. The van der Waals surface area contributed by atoms with Crippen LogP contribution in [0.1, 0.15) is 18.4 Å². The highest BCUT2D eigenvalue weighted by atomic mass is 79.9. The Morgan fingerprint density at radius 2 is 1.68 bits per heavy atom. The fourth-order valence-corrected chi connectivity index (χ4v) is 3.15. The average molecular weight is 324 g/mol. The predicted octanol–water partition coefficient (Wildman–Crippen LogP) is 2.06. The van der Waals surface area contributed by atoms with E-state index in [-0.39, 0.29) is 5.54 Å². The van der Waals surface area contributed by atoms with Gasteiger partial charge in [0.1, 0.15) is 0 Å². The SMILES string of the molecule is NC1(CN2CCN(Cc3ccccc3Br)CC2)CC1. The van der Waals surface area contributed by atoms with Gasteiger partial charge < -0.3 is 5.73 Å². The molecule has 1 aliphatic carbocycles. The lowest BCUT2D eigenvalue weighted by Gasteiger charge is -2.36. The zero-order valence-corrected chi connectivity index (χ0v) is 12.9. The lowest BCUT2D eigenvalue weighted by Crippen LogP contribution is -2.50. The van der Waals surface area contributed by atoms with Crippen LogP contribution in [0.3, 0.4) is 0 Å². The van der Waals surface area contributed by atoms with E-state index in [1.54, 1.807) is 0 Å². The Labute approximate surface area is 123 Å². The second kappa shape index (κ2) is 5.52. The molecule has 0 amide bonds. The second-order valence-electron chi connectivity index (χ2n) is 6.01. The van der Waals surface area contributed by atoms with Crippen molar-refractivity contribution >= 4 is 15.9 Å². The highest BCUT2D eigenvalue weighted by Gasteiger charge is 2.40. The van der Waals surface area contributed by atoms with Gasteiger partial charge in [-0.1, -0.05) is 34.1 Å². The van der Waals surface area contributed by atoms with Gasteiger partial charge in [0.15, 0.2) is 0 Å². The van der Waals surface area contributed by atoms with Crippen molar-refractivity contribution in [2.45, 2.75) is 24.9 Å². The summed E-state index contributed by atoms with van der Waals surface area (Å²) in [6.07, 6.45) is 2.42. The highest BCUT2D eigenvalue weighted by molar-refractivity contribution is 9.10. The summed E-state index contributed by atoms with van der Waals surface area (Å²) in [4.78, 5) is 5.07. The van der Waals surface area contributed by atoms with E-state index >= 15 is 0 Å². The van der Waals surface area contributed by atoms with Crippen molar-refractivity contribution in [3.05, 3.63) is 34.3 Å². The molecule has 1 aromatic carbocycles. The maximum atomic E-state index is 6.19. The minimum absolute atomic E-state index is 0.157. The summed E-state index contributed by atoms with van der Waals surface area (Å²) in [5, 5.41) is 0. The van der Waals surface area contributed by atoms with Crippen molar-refractivity contribution in [1.29, 1.82) is 0 Å². The van der Waals surface area contributed by atoms with Crippen LogP contribution in [-0.2, 0) is 6.54 Å². The Morgan fingerprint density at radius 3 is 2.32 bits per heavy atom. The zero-order chi connectivity index (χ0) is 13.3. The van der Waals surface area contributed by atoms with Crippen molar-refractivity contribution in [2.24, 2.45) is 5.73 Å². The van der Waals surface area contributed by atoms with Crippen LogP contribution in [0.2, 0.25) is 0 Å². The first-order valence-electron chi connectivity index (χ1n) is 7.12. The molecule has 0 aromatic heterocycles. The van der Waals surface area contributed by atoms with E-state index < -0.39 is 0 Å². The molecule has 1 saturated heterocycles. The van der Waals surface area contributed by atoms with Crippen LogP contribution in [0.4, 0.5) is 0 Å². The number of nitrogens with zero attached hydrogens (tertiary/aromatic N) is 2. The Balaban J connectivity index is 1.49. The Morgan fingerprint density at radius 1 is 1.05 bits per heavy atom. The fraction of sp³-hybridized carbons (Fsp3) is 0.600. The first-order chi connectivity index (χ1) is 9.15. The molecule has 104 valence electrons. The summed E-state index contributed by atoms with van der Waals surface area (Å²) in [6, 6.07) is 8.51. The first-order valence-corrected chi connectivity index (χ1v) is 7.91. The largest absolute Gasteiger partial charge is 0.324 e. The summed E-state index contributed by atoms with van der Waals surface area (Å²) in [7, 11) is 0. The summed E-state index contributed by atoms with van der Waals surface area (Å²) >= 11 is 3.63. The summed E-state index contributed by atoms with van der Waals surface area (Å²) in [6.45, 7) is 6.75. The van der Waals surface area contributed by atoms with Crippen LogP contribution in [-0.4, -0.2) is 48.1 Å². The van der Waals surface area contributed by atoms with Gasteiger partial charge in [0.2, 0.25) is 0 Å². The quantitative estimate of drug-likeness (QED) is 0.920. The maximum absolute atomic E-state index is 6.19. The van der Waals surface area contributed by atoms with Crippen LogP contribution in [0.25, 0.3) is 0 Å². The molecule has 2 aliphatic rings. The lowest BCUT2D eigenvalue weighted by atomic mass is 10.2. The Kier molecular flexibility index (Phi) is 3.94. The molecular weight excluding hydrogens is 302 g/mol. The van der Waals surface area contributed by atoms with E-state index in [0.717, 1.165) is 39.3 Å². The predicted molar refractivity (Wildman–Crippen MR) is 82.0 cm³/mol. The Hall–Kier alpha value is -0.420. The first kappa shape index (κ1) is 13.6. The van der Waals surface area contributed by atoms with Gasteiger partial charge in [0.25, 0.3) is 0 Å². The van der Waals surface area contributed by atoms with Crippen LogP contribution >= 0.6 is 15.9 Å². The molecule has 2 N–H and O–H groups in total. The second-order valence-corrected chi connectivity index (χ2v) is 6.86. The number of hydrogen-bond acceptors (Lipinski definition) is 3. The van der Waals surface area contributed by atoms with E-state index in [1.807, 2.05) is 0 Å². The standard InChI is InChI=1S/C15H22BrN3/c16-14-4-2-1-3-13(14)11-18-7-9-19(10-8-18)12-15(17)5-6-15/h1-4H,5-12,17H2. The van der Waals surface area contributed by atoms with Gasteiger partial charge in [-0.15, -0.1) is 0 Å². The van der Waals surface area contributed by atoms with Crippen molar-refractivity contribution < 1.29 is 0 Å². The van der Waals surface area contributed by atoms with Crippen LogP contribution < -0.4 is 5.73 Å². The molecule has 1 aromatic rings. The van der Waals surface area contributed by atoms with Gasteiger partial charge in [-0.05, 0) is 24.5 Å². The number of benzene rings is 1. The average Bonchev–Trinajstić information content (AvgIpc) is 3.12. The van der Waals surface area contributed by atoms with E-state index in [1.165, 1.54) is 22.9 Å². The van der Waals surface area contributed by atoms with Crippen LogP contribution in [0, 0.1) is 0 Å². The van der Waals surface area contributed by atoms with Crippen molar-refractivity contribution in [3.63, 3.8) is 0 Å². The van der Waals surface area contributed by atoms with Crippen molar-refractivity contribution in [2.75, 3.05) is 32.7 Å². The van der Waals surface area contributed by atoms with Crippen molar-refractivity contribution in [3.8, 4) is 0 Å². The third-order valence-electron chi connectivity index (χ3n) is 4.25. The van der Waals surface area contributed by atoms with E-state index in [0.29, 0.717) is 0 Å². The van der Waals surface area contributed by atoms with E-state index in [4.69, 9.17) is 5.73 Å². The fourth-order valence-electron chi connectivity index (χ4n) is 2.74. The monoisotopic (exact) mass is 323 g/mol. The zero-order valence-electron chi connectivity index (χ0n) is 11.3. The normalized spacial score (nSPS) is 23.5. The van der Waals surface area contributed by atoms with Gasteiger partial charge in [-0.3, -0.25) is 9.80 Å². The molecule has 1 aliphatic heterocycles. The molecule has 19 heavy (non-hydrogen) atoms. The van der Waals surface area contributed by atoms with Crippen LogP contribution in [0.15, 0.2) is 28.7 Å². The number of halogens is 1. The van der Waals surface area contributed by atoms with Crippen LogP contribution in [0.5, 0.6) is 0 Å². The molecule has 0 unspecified atom stereocenters. The topological polar surface area (TPSA) is 32.5 Å². The molecule has 0 spiro atoms. The highest BCUT2D eigenvalue weighted by Crippen LogP contribution is 2.33. The molecule has 4 heteroatoms. The number of rotatable bonds is 4. The lowest BCUT2D eigenvalue weighted by molar-refractivity contribution is 0.119. The molecule has 0 atom stereocenters. The molecule has 0 radical (unpaired) electrons. The molecule has 3 rings (SSSR count). The molecule has 1 saturated carbocycles. The third-order valence-corrected chi connectivity index (χ3v) is 5.02. The van der Waals surface area contributed by atoms with Gasteiger partial charge in [0.05, 0.1) is 0 Å². The number of nitrogens with two attached hydrogens (primary N) is 1. The van der Waals surface area contributed by atoms with E-state index in [2.05, 4.69) is 50.0 Å². The van der Waals surface area contributed by atoms with Gasteiger partial charge in [-0.25, -0.2) is 0 Å². The summed E-state index contributed by atoms with van der Waals surface area (Å²) in [5.74, 6) is 0. The number of hydrogen-bond donors (Lipinski definition) is 1. The third kappa shape index (κ3) is 3.57. The van der Waals surface area contributed by atoms with Crippen molar-refractivity contribution in [1.82, 2.24) is 9.80 Å².